The van der Waals surface area contributed by atoms with Gasteiger partial charge in [0.25, 0.3) is 0 Å². The molecule has 1 N–H and O–H groups in total. The fraction of sp³-hybridized carbons (Fsp3) is 0.391. The van der Waals surface area contributed by atoms with Gasteiger partial charge >= 0.3 is 0 Å². The van der Waals surface area contributed by atoms with Gasteiger partial charge in [-0.2, -0.15) is 4.31 Å². The Balaban J connectivity index is 2.02. The lowest BCUT2D eigenvalue weighted by molar-refractivity contribution is -0.133. The molecule has 1 saturated heterocycles. The van der Waals surface area contributed by atoms with Crippen LogP contribution in [-0.2, 0) is 26.2 Å². The van der Waals surface area contributed by atoms with Crippen LogP contribution in [0.25, 0.3) is 0 Å². The largest absolute Gasteiger partial charge is 0.350 e. The molecule has 1 atom stereocenters. The van der Waals surface area contributed by atoms with Crippen LogP contribution < -0.4 is 10.2 Å². The summed E-state index contributed by atoms with van der Waals surface area (Å²) in [6, 6.07) is 15.0. The van der Waals surface area contributed by atoms with Crippen LogP contribution in [0, 0.1) is 13.8 Å². The van der Waals surface area contributed by atoms with Crippen molar-refractivity contribution in [2.24, 2.45) is 0 Å². The van der Waals surface area contributed by atoms with E-state index in [0.717, 1.165) is 21.0 Å². The second-order valence-electron chi connectivity index (χ2n) is 8.06. The molecular weight excluding hydrogens is 414 g/mol. The van der Waals surface area contributed by atoms with Crippen LogP contribution >= 0.6 is 0 Å². The molecule has 1 fully saturated rings. The molecule has 31 heavy (non-hydrogen) atoms. The molecule has 0 aromatic heterocycles. The lowest BCUT2D eigenvalue weighted by Gasteiger charge is -2.47. The van der Waals surface area contributed by atoms with E-state index >= 15 is 0 Å². The second-order valence-corrected chi connectivity index (χ2v) is 10.3. The summed E-state index contributed by atoms with van der Waals surface area (Å²) < 4.78 is 26.3. The van der Waals surface area contributed by atoms with E-state index in [1.54, 1.807) is 13.0 Å². The predicted molar refractivity (Wildman–Crippen MR) is 121 cm³/mol. The third-order valence-electron chi connectivity index (χ3n) is 5.90. The molecule has 7 nitrogen and oxygen atoms in total. The van der Waals surface area contributed by atoms with Gasteiger partial charge in [0.2, 0.25) is 21.8 Å². The van der Waals surface area contributed by atoms with Crippen LogP contribution in [-0.4, -0.2) is 48.9 Å². The topological polar surface area (TPSA) is 86.8 Å². The summed E-state index contributed by atoms with van der Waals surface area (Å²) in [7, 11) is -3.64. The van der Waals surface area contributed by atoms with Gasteiger partial charge in [-0.05, 0) is 50.5 Å². The van der Waals surface area contributed by atoms with Crippen molar-refractivity contribution in [3.8, 4) is 0 Å². The number of aryl methyl sites for hydroxylation is 1. The number of carbonyl (C=O) groups excluding carboxylic acids is 2. The van der Waals surface area contributed by atoms with Gasteiger partial charge in [0, 0.05) is 18.8 Å². The third-order valence-corrected chi connectivity index (χ3v) is 7.67. The lowest BCUT2D eigenvalue weighted by atomic mass is 9.93. The monoisotopic (exact) mass is 443 g/mol. The molecule has 0 spiro atoms. The van der Waals surface area contributed by atoms with Gasteiger partial charge in [-0.1, -0.05) is 42.5 Å². The first-order valence-corrected chi connectivity index (χ1v) is 11.9. The van der Waals surface area contributed by atoms with E-state index in [1.165, 1.54) is 11.8 Å². The zero-order chi connectivity index (χ0) is 22.8. The highest BCUT2D eigenvalue weighted by Gasteiger charge is 2.50. The van der Waals surface area contributed by atoms with E-state index in [1.807, 2.05) is 56.3 Å². The second kappa shape index (κ2) is 8.80. The Labute approximate surface area is 184 Å². The Bertz CT molecular complexity index is 1090. The molecule has 1 aliphatic rings. The summed E-state index contributed by atoms with van der Waals surface area (Å²) >= 11 is 0. The maximum absolute atomic E-state index is 13.5. The van der Waals surface area contributed by atoms with Gasteiger partial charge in [0.15, 0.2) is 0 Å². The number of sulfonamides is 1. The minimum Gasteiger partial charge on any atom is -0.350 e. The molecule has 1 aliphatic heterocycles. The molecule has 0 radical (unpaired) electrons. The van der Waals surface area contributed by atoms with E-state index in [4.69, 9.17) is 0 Å². The first-order valence-electron chi connectivity index (χ1n) is 10.3. The van der Waals surface area contributed by atoms with Gasteiger partial charge in [0.1, 0.15) is 5.54 Å². The summed E-state index contributed by atoms with van der Waals surface area (Å²) in [6.45, 7) is 6.88. The van der Waals surface area contributed by atoms with Crippen LogP contribution in [0.3, 0.4) is 0 Å². The lowest BCUT2D eigenvalue weighted by Crippen LogP contribution is -2.70. The Morgan fingerprint density at radius 1 is 1.10 bits per heavy atom. The number of anilines is 1. The summed E-state index contributed by atoms with van der Waals surface area (Å²) in [6.07, 6.45) is 0. The Hall–Kier alpha value is -2.71. The number of nitrogens with zero attached hydrogens (tertiary/aromatic N) is 2. The number of amides is 2. The zero-order valence-corrected chi connectivity index (χ0v) is 19.2. The van der Waals surface area contributed by atoms with Crippen molar-refractivity contribution >= 4 is 27.5 Å². The predicted octanol–water partition coefficient (Wildman–Crippen LogP) is 2.38. The molecule has 8 heteroatoms. The van der Waals surface area contributed by atoms with Crippen LogP contribution in [0.15, 0.2) is 48.5 Å². The maximum atomic E-state index is 13.5. The first-order chi connectivity index (χ1) is 14.6. The minimum absolute atomic E-state index is 0.108. The van der Waals surface area contributed by atoms with Gasteiger partial charge in [-0.3, -0.25) is 14.5 Å². The fourth-order valence-corrected chi connectivity index (χ4v) is 4.99. The molecular formula is C23H29N3O4S. The quantitative estimate of drug-likeness (QED) is 0.743. The van der Waals surface area contributed by atoms with E-state index in [0.29, 0.717) is 5.69 Å². The summed E-state index contributed by atoms with van der Waals surface area (Å²) in [5, 5.41) is 2.90. The highest BCUT2D eigenvalue weighted by Crippen LogP contribution is 2.34. The van der Waals surface area contributed by atoms with E-state index < -0.39 is 27.4 Å². The normalized spacial score (nSPS) is 20.0. The van der Waals surface area contributed by atoms with E-state index in [2.05, 4.69) is 5.32 Å². The Morgan fingerprint density at radius 3 is 2.42 bits per heavy atom. The van der Waals surface area contributed by atoms with Gasteiger partial charge in [-0.15, -0.1) is 0 Å². The first kappa shape index (κ1) is 23.0. The number of hydrogen-bond donors (Lipinski definition) is 1. The molecule has 0 saturated carbocycles. The maximum Gasteiger partial charge on any atom is 0.247 e. The molecule has 1 unspecified atom stereocenters. The Kier molecular flexibility index (Phi) is 6.52. The van der Waals surface area contributed by atoms with Crippen molar-refractivity contribution in [3.05, 3.63) is 65.2 Å². The number of benzene rings is 2. The van der Waals surface area contributed by atoms with Crippen molar-refractivity contribution < 1.29 is 18.0 Å². The van der Waals surface area contributed by atoms with Crippen molar-refractivity contribution in [2.75, 3.05) is 23.7 Å². The molecule has 3 rings (SSSR count). The molecule has 2 aromatic carbocycles. The van der Waals surface area contributed by atoms with E-state index in [-0.39, 0.29) is 25.4 Å². The molecule has 2 amide bonds. The van der Waals surface area contributed by atoms with Crippen LogP contribution in [0.1, 0.15) is 30.5 Å². The molecule has 1 heterocycles. The zero-order valence-electron chi connectivity index (χ0n) is 18.4. The summed E-state index contributed by atoms with van der Waals surface area (Å²) in [5.41, 5.74) is 2.00. The number of nitrogens with one attached hydrogen (secondary N) is 1. The van der Waals surface area contributed by atoms with Crippen molar-refractivity contribution in [1.82, 2.24) is 9.62 Å². The summed E-state index contributed by atoms with van der Waals surface area (Å²) in [5.74, 6) is -0.957. The molecule has 166 valence electrons. The van der Waals surface area contributed by atoms with Crippen LogP contribution in [0.2, 0.25) is 0 Å². The number of piperazine rings is 1. The van der Waals surface area contributed by atoms with Crippen LogP contribution in [0.4, 0.5) is 5.69 Å². The summed E-state index contributed by atoms with van der Waals surface area (Å²) in [4.78, 5) is 28.2. The number of carbonyl (C=O) groups is 2. The van der Waals surface area contributed by atoms with Crippen LogP contribution in [0.5, 0.6) is 0 Å². The number of rotatable bonds is 6. The Morgan fingerprint density at radius 2 is 1.77 bits per heavy atom. The standard InChI is InChI=1S/C23H29N3O4S/c1-5-31(29,30)25-15-21(27)26(20-13-9-10-17(2)18(20)3)23(4,16-25)22(28)24-14-19-11-7-6-8-12-19/h6-13H,5,14-16H2,1-4H3,(H,24,28). The average Bonchev–Trinajstić information content (AvgIpc) is 2.75. The van der Waals surface area contributed by atoms with Gasteiger partial charge in [0.05, 0.1) is 12.3 Å². The van der Waals surface area contributed by atoms with Gasteiger partial charge in [-0.25, -0.2) is 8.42 Å². The smallest absolute Gasteiger partial charge is 0.247 e. The van der Waals surface area contributed by atoms with Crippen molar-refractivity contribution in [1.29, 1.82) is 0 Å². The SMILES string of the molecule is CCS(=O)(=O)N1CC(=O)N(c2cccc(C)c2C)C(C)(C(=O)NCc2ccccc2)C1. The molecule has 2 aromatic rings. The highest BCUT2D eigenvalue weighted by molar-refractivity contribution is 7.89. The third kappa shape index (κ3) is 4.50. The molecule has 0 aliphatic carbocycles. The van der Waals surface area contributed by atoms with Crippen molar-refractivity contribution in [2.45, 2.75) is 39.8 Å². The van der Waals surface area contributed by atoms with E-state index in [9.17, 15) is 18.0 Å². The minimum atomic E-state index is -3.64. The fourth-order valence-electron chi connectivity index (χ4n) is 3.87. The van der Waals surface area contributed by atoms with Gasteiger partial charge < -0.3 is 5.32 Å². The highest BCUT2D eigenvalue weighted by atomic mass is 32.2. The molecule has 0 bridgehead atoms. The number of hydrogen-bond acceptors (Lipinski definition) is 4. The van der Waals surface area contributed by atoms with Crippen molar-refractivity contribution in [3.63, 3.8) is 0 Å². The average molecular weight is 444 g/mol.